The van der Waals surface area contributed by atoms with E-state index in [1.165, 1.54) is 0 Å². The van der Waals surface area contributed by atoms with Crippen LogP contribution in [0.5, 0.6) is 0 Å². The fourth-order valence-electron chi connectivity index (χ4n) is 4.40. The van der Waals surface area contributed by atoms with Crippen molar-refractivity contribution in [1.82, 2.24) is 30.0 Å². The Morgan fingerprint density at radius 1 is 1.12 bits per heavy atom. The van der Waals surface area contributed by atoms with Crippen molar-refractivity contribution in [2.75, 3.05) is 31.2 Å². The molecule has 166 valence electrons. The van der Waals surface area contributed by atoms with Crippen LogP contribution < -0.4 is 10.2 Å². The highest BCUT2D eigenvalue weighted by Crippen LogP contribution is 2.27. The highest BCUT2D eigenvalue weighted by Gasteiger charge is 2.28. The van der Waals surface area contributed by atoms with Crippen LogP contribution in [0.1, 0.15) is 46.9 Å². The predicted octanol–water partition coefficient (Wildman–Crippen LogP) is 2.27. The lowest BCUT2D eigenvalue weighted by Gasteiger charge is -2.23. The Kier molecular flexibility index (Phi) is 5.81. The van der Waals surface area contributed by atoms with E-state index < -0.39 is 0 Å². The zero-order valence-electron chi connectivity index (χ0n) is 18.1. The Morgan fingerprint density at radius 3 is 2.81 bits per heavy atom. The highest BCUT2D eigenvalue weighted by molar-refractivity contribution is 5.95. The number of nitrogens with zero attached hydrogens (tertiary/aromatic N) is 6. The molecule has 1 unspecified atom stereocenters. The number of pyridine rings is 1. The lowest BCUT2D eigenvalue weighted by Crippen LogP contribution is -2.37. The van der Waals surface area contributed by atoms with E-state index in [2.05, 4.69) is 25.3 Å². The molecule has 9 heteroatoms. The molecular weight excluding hydrogens is 406 g/mol. The molecule has 5 heterocycles. The SMILES string of the molecule is Cc1c(C(=O)NC2CCN(c3nccc(C4CCOCC4)n3)C2)cnn1-c1ccccn1. The van der Waals surface area contributed by atoms with E-state index in [0.717, 1.165) is 56.4 Å². The maximum atomic E-state index is 12.9. The maximum absolute atomic E-state index is 12.9. The standard InChI is InChI=1S/C23H27N7O2/c1-16-19(14-26-30(16)21-4-2-3-9-24-21)22(31)27-18-6-11-29(15-18)23-25-10-5-20(28-23)17-7-12-32-13-8-17/h2-5,9-10,14,17-18H,6-8,11-13,15H2,1H3,(H,27,31). The molecule has 1 atom stereocenters. The Balaban J connectivity index is 1.23. The van der Waals surface area contributed by atoms with Crippen LogP contribution in [-0.4, -0.2) is 63.0 Å². The van der Waals surface area contributed by atoms with Crippen molar-refractivity contribution >= 4 is 11.9 Å². The van der Waals surface area contributed by atoms with Gasteiger partial charge in [0.1, 0.15) is 0 Å². The molecule has 2 aliphatic heterocycles. The molecule has 32 heavy (non-hydrogen) atoms. The monoisotopic (exact) mass is 433 g/mol. The summed E-state index contributed by atoms with van der Waals surface area (Å²) in [6.45, 7) is 4.97. The van der Waals surface area contributed by atoms with E-state index in [0.29, 0.717) is 23.8 Å². The van der Waals surface area contributed by atoms with Crippen molar-refractivity contribution in [3.63, 3.8) is 0 Å². The minimum atomic E-state index is -0.117. The molecule has 1 amide bonds. The molecule has 0 spiro atoms. The molecule has 3 aromatic rings. The number of nitrogens with one attached hydrogen (secondary N) is 1. The number of carbonyl (C=O) groups is 1. The van der Waals surface area contributed by atoms with Gasteiger partial charge in [0.25, 0.3) is 5.91 Å². The number of hydrogen-bond donors (Lipinski definition) is 1. The summed E-state index contributed by atoms with van der Waals surface area (Å²) in [6, 6.07) is 7.66. The van der Waals surface area contributed by atoms with Crippen LogP contribution in [0, 0.1) is 6.92 Å². The van der Waals surface area contributed by atoms with Crippen LogP contribution in [0.2, 0.25) is 0 Å². The number of anilines is 1. The molecule has 2 aliphatic rings. The third-order valence-corrected chi connectivity index (χ3v) is 6.23. The van der Waals surface area contributed by atoms with E-state index in [-0.39, 0.29) is 11.9 Å². The van der Waals surface area contributed by atoms with Crippen LogP contribution >= 0.6 is 0 Å². The molecule has 0 aromatic carbocycles. The molecule has 0 radical (unpaired) electrons. The predicted molar refractivity (Wildman–Crippen MR) is 119 cm³/mol. The molecule has 0 bridgehead atoms. The minimum absolute atomic E-state index is 0.0374. The van der Waals surface area contributed by atoms with Gasteiger partial charge in [-0.05, 0) is 44.4 Å². The fourth-order valence-corrected chi connectivity index (χ4v) is 4.40. The van der Waals surface area contributed by atoms with Crippen LogP contribution in [-0.2, 0) is 4.74 Å². The first-order valence-electron chi connectivity index (χ1n) is 11.1. The van der Waals surface area contributed by atoms with Crippen LogP contribution in [0.4, 0.5) is 5.95 Å². The van der Waals surface area contributed by atoms with Gasteiger partial charge >= 0.3 is 0 Å². The summed E-state index contributed by atoms with van der Waals surface area (Å²) < 4.78 is 7.16. The normalized spacial score (nSPS) is 19.3. The van der Waals surface area contributed by atoms with E-state index in [1.807, 2.05) is 37.4 Å². The molecule has 3 aromatic heterocycles. The van der Waals surface area contributed by atoms with E-state index in [1.54, 1.807) is 17.1 Å². The van der Waals surface area contributed by atoms with Crippen molar-refractivity contribution < 1.29 is 9.53 Å². The number of aromatic nitrogens is 5. The molecule has 0 saturated carbocycles. The second kappa shape index (κ2) is 9.04. The summed E-state index contributed by atoms with van der Waals surface area (Å²) in [5.74, 6) is 1.75. The second-order valence-corrected chi connectivity index (χ2v) is 8.32. The molecule has 5 rings (SSSR count). The van der Waals surface area contributed by atoms with Crippen molar-refractivity contribution in [2.24, 2.45) is 0 Å². The quantitative estimate of drug-likeness (QED) is 0.659. The number of hydrogen-bond acceptors (Lipinski definition) is 7. The van der Waals surface area contributed by atoms with E-state index >= 15 is 0 Å². The summed E-state index contributed by atoms with van der Waals surface area (Å²) in [5.41, 5.74) is 2.42. The van der Waals surface area contributed by atoms with Gasteiger partial charge in [0.2, 0.25) is 5.95 Å². The lowest BCUT2D eigenvalue weighted by atomic mass is 9.96. The summed E-state index contributed by atoms with van der Waals surface area (Å²) in [7, 11) is 0. The highest BCUT2D eigenvalue weighted by atomic mass is 16.5. The maximum Gasteiger partial charge on any atom is 0.255 e. The lowest BCUT2D eigenvalue weighted by molar-refractivity contribution is 0.0845. The summed E-state index contributed by atoms with van der Waals surface area (Å²) in [4.78, 5) is 28.7. The molecule has 2 saturated heterocycles. The van der Waals surface area contributed by atoms with Crippen LogP contribution in [0.25, 0.3) is 5.82 Å². The average molecular weight is 434 g/mol. The summed E-state index contributed by atoms with van der Waals surface area (Å²) in [5, 5.41) is 7.50. The minimum Gasteiger partial charge on any atom is -0.381 e. The topological polar surface area (TPSA) is 98.1 Å². The molecular formula is C23H27N7O2. The van der Waals surface area contributed by atoms with Gasteiger partial charge < -0.3 is 15.0 Å². The second-order valence-electron chi connectivity index (χ2n) is 8.32. The molecule has 1 N–H and O–H groups in total. The first-order chi connectivity index (χ1) is 15.7. The zero-order valence-corrected chi connectivity index (χ0v) is 18.1. The van der Waals surface area contributed by atoms with E-state index in [9.17, 15) is 4.79 Å². The Bertz CT molecular complexity index is 1080. The summed E-state index contributed by atoms with van der Waals surface area (Å²) >= 11 is 0. The number of rotatable bonds is 5. The number of amides is 1. The molecule has 9 nitrogen and oxygen atoms in total. The van der Waals surface area contributed by atoms with Gasteiger partial charge in [-0.15, -0.1) is 0 Å². The van der Waals surface area contributed by atoms with Gasteiger partial charge in [-0.2, -0.15) is 5.10 Å². The average Bonchev–Trinajstić information content (AvgIpc) is 3.47. The van der Waals surface area contributed by atoms with Gasteiger partial charge in [-0.3, -0.25) is 4.79 Å². The van der Waals surface area contributed by atoms with Gasteiger partial charge in [-0.1, -0.05) is 6.07 Å². The van der Waals surface area contributed by atoms with Crippen molar-refractivity contribution in [3.8, 4) is 5.82 Å². The summed E-state index contributed by atoms with van der Waals surface area (Å²) in [6.07, 6.45) is 8.01. The van der Waals surface area contributed by atoms with Gasteiger partial charge in [-0.25, -0.2) is 19.6 Å². The van der Waals surface area contributed by atoms with Gasteiger partial charge in [0, 0.05) is 56.4 Å². The Morgan fingerprint density at radius 2 is 2.00 bits per heavy atom. The van der Waals surface area contributed by atoms with Crippen molar-refractivity contribution in [3.05, 3.63) is 59.8 Å². The van der Waals surface area contributed by atoms with Crippen molar-refractivity contribution in [2.45, 2.75) is 38.1 Å². The van der Waals surface area contributed by atoms with Gasteiger partial charge in [0.15, 0.2) is 5.82 Å². The van der Waals surface area contributed by atoms with Crippen LogP contribution in [0.3, 0.4) is 0 Å². The first kappa shape index (κ1) is 20.6. The third kappa shape index (κ3) is 4.20. The van der Waals surface area contributed by atoms with E-state index in [4.69, 9.17) is 9.72 Å². The Labute approximate surface area is 186 Å². The van der Waals surface area contributed by atoms with Crippen LogP contribution in [0.15, 0.2) is 42.9 Å². The smallest absolute Gasteiger partial charge is 0.255 e. The zero-order chi connectivity index (χ0) is 21.9. The number of ether oxygens (including phenoxy) is 1. The molecule has 0 aliphatic carbocycles. The van der Waals surface area contributed by atoms with Crippen molar-refractivity contribution in [1.29, 1.82) is 0 Å². The first-order valence-corrected chi connectivity index (χ1v) is 11.1. The Hall–Kier alpha value is -3.33. The fraction of sp³-hybridized carbons (Fsp3) is 0.435. The van der Waals surface area contributed by atoms with Gasteiger partial charge in [0.05, 0.1) is 17.5 Å². The largest absolute Gasteiger partial charge is 0.381 e. The number of carbonyl (C=O) groups excluding carboxylic acids is 1. The third-order valence-electron chi connectivity index (χ3n) is 6.23. The molecule has 2 fully saturated rings.